The Morgan fingerprint density at radius 3 is 2.90 bits per heavy atom. The Hall–Kier alpha value is -1.98. The molecule has 0 saturated carbocycles. The second kappa shape index (κ2) is 5.42. The Bertz CT molecular complexity index is 827. The summed E-state index contributed by atoms with van der Waals surface area (Å²) in [6, 6.07) is 9.94. The standard InChI is InChI=1S/C15H10ClFN2OS/c1-8-5-6-11-12(7-8)21-15(18-11)19-14(20)13-9(16)3-2-4-10(13)17/h2-7H,1H3,(H,18,19,20). The van der Waals surface area contributed by atoms with Crippen LogP contribution in [-0.4, -0.2) is 10.9 Å². The smallest absolute Gasteiger partial charge is 0.261 e. The van der Waals surface area contributed by atoms with E-state index in [0.29, 0.717) is 5.13 Å². The highest BCUT2D eigenvalue weighted by atomic mass is 35.5. The molecule has 3 rings (SSSR count). The summed E-state index contributed by atoms with van der Waals surface area (Å²) in [6.45, 7) is 1.98. The third-order valence-corrected chi connectivity index (χ3v) is 4.20. The molecule has 0 aliphatic rings. The maximum atomic E-state index is 13.7. The number of amides is 1. The minimum Gasteiger partial charge on any atom is -0.298 e. The van der Waals surface area contributed by atoms with E-state index in [1.54, 1.807) is 0 Å². The minimum atomic E-state index is -0.656. The molecule has 0 aliphatic carbocycles. The molecule has 3 aromatic rings. The highest BCUT2D eigenvalue weighted by molar-refractivity contribution is 7.22. The van der Waals surface area contributed by atoms with Gasteiger partial charge in [0.05, 0.1) is 20.8 Å². The molecule has 0 radical (unpaired) electrons. The zero-order valence-electron chi connectivity index (χ0n) is 11.0. The second-order valence-corrected chi connectivity index (χ2v) is 5.98. The molecule has 0 aliphatic heterocycles. The third-order valence-electron chi connectivity index (χ3n) is 2.95. The average Bonchev–Trinajstić information content (AvgIpc) is 2.79. The van der Waals surface area contributed by atoms with Crippen LogP contribution in [0.5, 0.6) is 0 Å². The van der Waals surface area contributed by atoms with Crippen molar-refractivity contribution >= 4 is 44.2 Å². The Morgan fingerprint density at radius 1 is 1.33 bits per heavy atom. The molecule has 0 saturated heterocycles. The summed E-state index contributed by atoms with van der Waals surface area (Å²) in [5.41, 5.74) is 1.73. The lowest BCUT2D eigenvalue weighted by Crippen LogP contribution is -2.14. The minimum absolute atomic E-state index is 0.0736. The average molecular weight is 321 g/mol. The summed E-state index contributed by atoms with van der Waals surface area (Å²) in [5, 5.41) is 3.08. The molecule has 1 heterocycles. The SMILES string of the molecule is Cc1ccc2nc(NC(=O)c3c(F)cccc3Cl)sc2c1. The van der Waals surface area contributed by atoms with Crippen LogP contribution < -0.4 is 5.32 Å². The van der Waals surface area contributed by atoms with Crippen molar-refractivity contribution in [2.45, 2.75) is 6.92 Å². The van der Waals surface area contributed by atoms with E-state index in [-0.39, 0.29) is 10.6 Å². The number of fused-ring (bicyclic) bond motifs is 1. The number of anilines is 1. The molecular formula is C15H10ClFN2OS. The van der Waals surface area contributed by atoms with Gasteiger partial charge in [-0.2, -0.15) is 0 Å². The Balaban J connectivity index is 1.93. The van der Waals surface area contributed by atoms with Gasteiger partial charge in [-0.3, -0.25) is 10.1 Å². The maximum absolute atomic E-state index is 13.7. The van der Waals surface area contributed by atoms with Gasteiger partial charge in [-0.1, -0.05) is 35.1 Å². The lowest BCUT2D eigenvalue weighted by atomic mass is 10.2. The van der Waals surface area contributed by atoms with Crippen molar-refractivity contribution in [3.05, 3.63) is 58.4 Å². The monoisotopic (exact) mass is 320 g/mol. The number of carbonyl (C=O) groups excluding carboxylic acids is 1. The van der Waals surface area contributed by atoms with Gasteiger partial charge >= 0.3 is 0 Å². The van der Waals surface area contributed by atoms with E-state index in [1.165, 1.54) is 29.5 Å². The number of hydrogen-bond acceptors (Lipinski definition) is 3. The maximum Gasteiger partial charge on any atom is 0.261 e. The summed E-state index contributed by atoms with van der Waals surface area (Å²) >= 11 is 7.21. The van der Waals surface area contributed by atoms with Crippen molar-refractivity contribution in [2.24, 2.45) is 0 Å². The Labute approximate surface area is 129 Å². The number of aromatic nitrogens is 1. The van der Waals surface area contributed by atoms with E-state index in [1.807, 2.05) is 25.1 Å². The molecule has 1 N–H and O–H groups in total. The number of aryl methyl sites for hydroxylation is 1. The number of benzene rings is 2. The van der Waals surface area contributed by atoms with Crippen LogP contribution in [0, 0.1) is 12.7 Å². The van der Waals surface area contributed by atoms with Crippen molar-refractivity contribution in [3.8, 4) is 0 Å². The van der Waals surface area contributed by atoms with Gasteiger partial charge < -0.3 is 0 Å². The number of carbonyl (C=O) groups is 1. The van der Waals surface area contributed by atoms with Gasteiger partial charge in [0, 0.05) is 0 Å². The van der Waals surface area contributed by atoms with Crippen LogP contribution in [-0.2, 0) is 0 Å². The van der Waals surface area contributed by atoms with E-state index in [2.05, 4.69) is 10.3 Å². The van der Waals surface area contributed by atoms with Crippen LogP contribution in [0.3, 0.4) is 0 Å². The van der Waals surface area contributed by atoms with Gasteiger partial charge in [0.15, 0.2) is 5.13 Å². The fraction of sp³-hybridized carbons (Fsp3) is 0.0667. The first-order valence-corrected chi connectivity index (χ1v) is 7.36. The molecule has 0 atom stereocenters. The fourth-order valence-electron chi connectivity index (χ4n) is 1.96. The Kier molecular flexibility index (Phi) is 3.61. The molecule has 1 aromatic heterocycles. The summed E-state index contributed by atoms with van der Waals surface area (Å²) in [5.74, 6) is -1.26. The summed E-state index contributed by atoms with van der Waals surface area (Å²) in [4.78, 5) is 16.4. The molecule has 0 spiro atoms. The van der Waals surface area contributed by atoms with E-state index < -0.39 is 11.7 Å². The molecular weight excluding hydrogens is 311 g/mol. The first-order chi connectivity index (χ1) is 10.0. The second-order valence-electron chi connectivity index (χ2n) is 4.54. The largest absolute Gasteiger partial charge is 0.298 e. The van der Waals surface area contributed by atoms with Crippen molar-refractivity contribution < 1.29 is 9.18 Å². The molecule has 1 amide bonds. The van der Waals surface area contributed by atoms with Gasteiger partial charge in [0.1, 0.15) is 5.82 Å². The normalized spacial score (nSPS) is 10.8. The van der Waals surface area contributed by atoms with Gasteiger partial charge in [0.25, 0.3) is 5.91 Å². The Morgan fingerprint density at radius 2 is 2.14 bits per heavy atom. The van der Waals surface area contributed by atoms with E-state index in [4.69, 9.17) is 11.6 Å². The van der Waals surface area contributed by atoms with Crippen LogP contribution in [0.25, 0.3) is 10.2 Å². The summed E-state index contributed by atoms with van der Waals surface area (Å²) in [7, 11) is 0. The molecule has 0 fully saturated rings. The highest BCUT2D eigenvalue weighted by Gasteiger charge is 2.17. The molecule has 106 valence electrons. The number of nitrogens with one attached hydrogen (secondary N) is 1. The molecule has 3 nitrogen and oxygen atoms in total. The number of rotatable bonds is 2. The predicted octanol–water partition coefficient (Wildman–Crippen LogP) is 4.65. The zero-order valence-corrected chi connectivity index (χ0v) is 12.6. The van der Waals surface area contributed by atoms with Gasteiger partial charge in [-0.25, -0.2) is 9.37 Å². The molecule has 0 bridgehead atoms. The van der Waals surface area contributed by atoms with Crippen molar-refractivity contribution in [1.29, 1.82) is 0 Å². The van der Waals surface area contributed by atoms with Gasteiger partial charge in [-0.05, 0) is 36.8 Å². The van der Waals surface area contributed by atoms with Crippen LogP contribution >= 0.6 is 22.9 Å². The van der Waals surface area contributed by atoms with E-state index >= 15 is 0 Å². The number of hydrogen-bond donors (Lipinski definition) is 1. The lowest BCUT2D eigenvalue weighted by molar-refractivity contribution is 0.102. The van der Waals surface area contributed by atoms with Crippen LogP contribution in [0.15, 0.2) is 36.4 Å². The van der Waals surface area contributed by atoms with Crippen molar-refractivity contribution in [1.82, 2.24) is 4.98 Å². The third kappa shape index (κ3) is 2.75. The molecule has 2 aromatic carbocycles. The van der Waals surface area contributed by atoms with Gasteiger partial charge in [0.2, 0.25) is 0 Å². The number of thiazole rings is 1. The first-order valence-electron chi connectivity index (χ1n) is 6.17. The van der Waals surface area contributed by atoms with Crippen LogP contribution in [0.4, 0.5) is 9.52 Å². The molecule has 0 unspecified atom stereocenters. The quantitative estimate of drug-likeness (QED) is 0.746. The fourth-order valence-corrected chi connectivity index (χ4v) is 3.17. The highest BCUT2D eigenvalue weighted by Crippen LogP contribution is 2.28. The van der Waals surface area contributed by atoms with E-state index in [0.717, 1.165) is 15.8 Å². The zero-order chi connectivity index (χ0) is 15.0. The summed E-state index contributed by atoms with van der Waals surface area (Å²) in [6.07, 6.45) is 0. The number of halogens is 2. The predicted molar refractivity (Wildman–Crippen MR) is 83.7 cm³/mol. The van der Waals surface area contributed by atoms with E-state index in [9.17, 15) is 9.18 Å². The molecule has 21 heavy (non-hydrogen) atoms. The first kappa shape index (κ1) is 14.0. The number of nitrogens with zero attached hydrogens (tertiary/aromatic N) is 1. The van der Waals surface area contributed by atoms with Crippen LogP contribution in [0.1, 0.15) is 15.9 Å². The molecule has 6 heteroatoms. The van der Waals surface area contributed by atoms with Crippen molar-refractivity contribution in [3.63, 3.8) is 0 Å². The topological polar surface area (TPSA) is 42.0 Å². The van der Waals surface area contributed by atoms with Crippen LogP contribution in [0.2, 0.25) is 5.02 Å². The summed E-state index contributed by atoms with van der Waals surface area (Å²) < 4.78 is 14.7. The van der Waals surface area contributed by atoms with Gasteiger partial charge in [-0.15, -0.1) is 0 Å². The lowest BCUT2D eigenvalue weighted by Gasteiger charge is -2.04. The van der Waals surface area contributed by atoms with Crippen molar-refractivity contribution in [2.75, 3.05) is 5.32 Å².